The molecule has 4 nitrogen and oxygen atoms in total. The highest BCUT2D eigenvalue weighted by atomic mass is 35.5. The maximum atomic E-state index is 13.4. The smallest absolute Gasteiger partial charge is 0.338 e. The van der Waals surface area contributed by atoms with E-state index in [1.54, 1.807) is 0 Å². The van der Waals surface area contributed by atoms with Crippen molar-refractivity contribution in [1.29, 1.82) is 0 Å². The first-order valence-corrected chi connectivity index (χ1v) is 12.9. The van der Waals surface area contributed by atoms with Crippen molar-refractivity contribution in [3.05, 3.63) is 69.2 Å². The molecule has 2 heterocycles. The van der Waals surface area contributed by atoms with E-state index in [0.29, 0.717) is 42.7 Å². The molecule has 2 aromatic rings. The van der Waals surface area contributed by atoms with Crippen molar-refractivity contribution >= 4 is 17.5 Å². The minimum atomic E-state index is -5.03. The van der Waals surface area contributed by atoms with Crippen LogP contribution < -0.4 is 5.32 Å². The molecule has 11 heteroatoms. The molecular formula is C27H30ClF6N3O. The summed E-state index contributed by atoms with van der Waals surface area (Å²) in [4.78, 5) is 17.1. The average Bonchev–Trinajstić information content (AvgIpc) is 2.88. The van der Waals surface area contributed by atoms with Gasteiger partial charge in [0.2, 0.25) is 0 Å². The molecule has 2 aliphatic rings. The molecular weight excluding hydrogens is 532 g/mol. The number of carbonyl (C=O) groups excluding carboxylic acids is 1. The van der Waals surface area contributed by atoms with Crippen LogP contribution in [0.15, 0.2) is 36.4 Å². The quantitative estimate of drug-likeness (QED) is 0.441. The van der Waals surface area contributed by atoms with E-state index >= 15 is 0 Å². The van der Waals surface area contributed by atoms with Gasteiger partial charge in [-0.25, -0.2) is 0 Å². The van der Waals surface area contributed by atoms with Gasteiger partial charge in [-0.1, -0.05) is 23.7 Å². The van der Waals surface area contributed by atoms with Crippen molar-refractivity contribution in [3.8, 4) is 0 Å². The van der Waals surface area contributed by atoms with Crippen LogP contribution in [0, 0.1) is 6.92 Å². The summed E-state index contributed by atoms with van der Waals surface area (Å²) in [7, 11) is 1.45. The van der Waals surface area contributed by atoms with Gasteiger partial charge in [0.25, 0.3) is 5.91 Å². The number of amides is 1. The monoisotopic (exact) mass is 561 g/mol. The molecule has 0 aromatic heterocycles. The van der Waals surface area contributed by atoms with Crippen molar-refractivity contribution in [2.45, 2.75) is 56.5 Å². The highest BCUT2D eigenvalue weighted by molar-refractivity contribution is 6.31. The van der Waals surface area contributed by atoms with E-state index in [4.69, 9.17) is 11.6 Å². The third-order valence-electron chi connectivity index (χ3n) is 7.71. The van der Waals surface area contributed by atoms with E-state index in [9.17, 15) is 31.1 Å². The predicted molar refractivity (Wildman–Crippen MR) is 133 cm³/mol. The lowest BCUT2D eigenvalue weighted by atomic mass is 9.83. The van der Waals surface area contributed by atoms with Gasteiger partial charge in [0.15, 0.2) is 0 Å². The molecule has 2 aliphatic heterocycles. The van der Waals surface area contributed by atoms with Crippen LogP contribution in [0.3, 0.4) is 0 Å². The molecule has 38 heavy (non-hydrogen) atoms. The number of hydrogen-bond donors (Lipinski definition) is 1. The zero-order chi connectivity index (χ0) is 27.8. The summed E-state index contributed by atoms with van der Waals surface area (Å²) >= 11 is 6.41. The Morgan fingerprint density at radius 3 is 2.13 bits per heavy atom. The van der Waals surface area contributed by atoms with E-state index in [1.807, 2.05) is 25.1 Å². The lowest BCUT2D eigenvalue weighted by molar-refractivity contribution is -0.143. The summed E-state index contributed by atoms with van der Waals surface area (Å²) in [5.41, 5.74) is -1.90. The van der Waals surface area contributed by atoms with E-state index in [1.165, 1.54) is 11.9 Å². The number of nitrogens with one attached hydrogen (secondary N) is 1. The van der Waals surface area contributed by atoms with Crippen molar-refractivity contribution in [2.24, 2.45) is 0 Å². The topological polar surface area (TPSA) is 35.6 Å². The standard InChI is InChI=1S/C27H30ClF6N3O/c1-16-3-4-17(13-23(16)28)22-15-37(21-5-8-35-9-6-21)10-7-24(22)36(2)25(38)18-11-19(26(29,30)31)14-20(12-18)27(32,33)34/h3-4,11-14,21-22,24,35H,5-10,15H2,1-2H3. The number of rotatable bonds is 4. The minimum Gasteiger partial charge on any atom is -0.338 e. The number of piperidine rings is 2. The zero-order valence-electron chi connectivity index (χ0n) is 21.1. The van der Waals surface area contributed by atoms with Crippen LogP contribution in [0.25, 0.3) is 0 Å². The Labute approximate surface area is 222 Å². The van der Waals surface area contributed by atoms with E-state index < -0.39 is 41.0 Å². The molecule has 4 rings (SSSR count). The SMILES string of the molecule is Cc1ccc(C2CN(C3CCNCC3)CCC2N(C)C(=O)c2cc(C(F)(F)F)cc(C(F)(F)F)c2)cc1Cl. The summed E-state index contributed by atoms with van der Waals surface area (Å²) in [6.45, 7) is 4.94. The Balaban J connectivity index is 1.68. The molecule has 1 N–H and O–H groups in total. The van der Waals surface area contributed by atoms with Gasteiger partial charge in [0, 0.05) is 48.7 Å². The molecule has 2 saturated heterocycles. The summed E-state index contributed by atoms with van der Waals surface area (Å²) in [5.74, 6) is -1.11. The van der Waals surface area contributed by atoms with Crippen molar-refractivity contribution in [2.75, 3.05) is 33.2 Å². The number of aryl methyl sites for hydroxylation is 1. The summed E-state index contributed by atoms with van der Waals surface area (Å²) < 4.78 is 80.5. The van der Waals surface area contributed by atoms with Crippen LogP contribution in [-0.2, 0) is 12.4 Å². The van der Waals surface area contributed by atoms with Crippen LogP contribution in [0.1, 0.15) is 57.8 Å². The van der Waals surface area contributed by atoms with Crippen LogP contribution >= 0.6 is 11.6 Å². The fourth-order valence-electron chi connectivity index (χ4n) is 5.53. The normalized spacial score (nSPS) is 21.9. The number of carbonyl (C=O) groups is 1. The first-order chi connectivity index (χ1) is 17.8. The number of halogens is 7. The van der Waals surface area contributed by atoms with E-state index in [0.717, 1.165) is 37.1 Å². The molecule has 0 aliphatic carbocycles. The van der Waals surface area contributed by atoms with Gasteiger partial charge in [-0.3, -0.25) is 9.69 Å². The molecule has 2 atom stereocenters. The minimum absolute atomic E-state index is 0.0331. The second-order valence-corrected chi connectivity index (χ2v) is 10.6. The van der Waals surface area contributed by atoms with E-state index in [-0.39, 0.29) is 12.0 Å². The van der Waals surface area contributed by atoms with Crippen LogP contribution in [-0.4, -0.2) is 61.0 Å². The Morgan fingerprint density at radius 1 is 0.974 bits per heavy atom. The van der Waals surface area contributed by atoms with Gasteiger partial charge in [-0.05, 0) is 74.7 Å². The maximum Gasteiger partial charge on any atom is 0.416 e. The highest BCUT2D eigenvalue weighted by Gasteiger charge is 2.40. The fourth-order valence-corrected chi connectivity index (χ4v) is 5.72. The van der Waals surface area contributed by atoms with Crippen LogP contribution in [0.4, 0.5) is 26.3 Å². The molecule has 2 aromatic carbocycles. The second-order valence-electron chi connectivity index (χ2n) is 10.2. The number of benzene rings is 2. The Bertz CT molecular complexity index is 1130. The Kier molecular flexibility index (Phi) is 8.35. The molecule has 0 bridgehead atoms. The van der Waals surface area contributed by atoms with E-state index in [2.05, 4.69) is 10.2 Å². The van der Waals surface area contributed by atoms with Crippen molar-refractivity contribution in [1.82, 2.24) is 15.1 Å². The molecule has 1 amide bonds. The number of alkyl halides is 6. The highest BCUT2D eigenvalue weighted by Crippen LogP contribution is 2.38. The van der Waals surface area contributed by atoms with Crippen molar-refractivity contribution < 1.29 is 31.1 Å². The molecule has 2 unspecified atom stereocenters. The summed E-state index contributed by atoms with van der Waals surface area (Å²) in [5, 5.41) is 3.90. The fraction of sp³-hybridized carbons (Fsp3) is 0.519. The van der Waals surface area contributed by atoms with Gasteiger partial charge in [0.05, 0.1) is 11.1 Å². The zero-order valence-corrected chi connectivity index (χ0v) is 21.9. The first kappa shape index (κ1) is 28.7. The largest absolute Gasteiger partial charge is 0.416 e. The molecule has 0 spiro atoms. The van der Waals surface area contributed by atoms with Crippen LogP contribution in [0.5, 0.6) is 0 Å². The molecule has 0 saturated carbocycles. The van der Waals surface area contributed by atoms with Crippen molar-refractivity contribution in [3.63, 3.8) is 0 Å². The third-order valence-corrected chi connectivity index (χ3v) is 8.12. The average molecular weight is 562 g/mol. The Hall–Kier alpha value is -2.30. The lowest BCUT2D eigenvalue weighted by Gasteiger charge is -2.46. The van der Waals surface area contributed by atoms with Gasteiger partial charge in [-0.2, -0.15) is 26.3 Å². The first-order valence-electron chi connectivity index (χ1n) is 12.5. The summed E-state index contributed by atoms with van der Waals surface area (Å²) in [6.07, 6.45) is -7.59. The van der Waals surface area contributed by atoms with Crippen LogP contribution in [0.2, 0.25) is 5.02 Å². The third kappa shape index (κ3) is 6.29. The van der Waals surface area contributed by atoms with Gasteiger partial charge in [-0.15, -0.1) is 0 Å². The number of likely N-dealkylation sites (N-methyl/N-ethyl adjacent to an activating group) is 1. The predicted octanol–water partition coefficient (Wildman–Crippen LogP) is 6.37. The summed E-state index contributed by atoms with van der Waals surface area (Å²) in [6, 6.07) is 6.59. The number of hydrogen-bond acceptors (Lipinski definition) is 3. The maximum absolute atomic E-state index is 13.4. The second kappa shape index (κ2) is 11.1. The van der Waals surface area contributed by atoms with Gasteiger partial charge in [0.1, 0.15) is 0 Å². The molecule has 0 radical (unpaired) electrons. The molecule has 208 valence electrons. The lowest BCUT2D eigenvalue weighted by Crippen LogP contribution is -2.54. The van der Waals surface area contributed by atoms with Gasteiger partial charge < -0.3 is 10.2 Å². The number of nitrogens with zero attached hydrogens (tertiary/aromatic N) is 2. The molecule has 2 fully saturated rings. The Morgan fingerprint density at radius 2 is 1.58 bits per heavy atom. The number of likely N-dealkylation sites (tertiary alicyclic amines) is 1. The van der Waals surface area contributed by atoms with Gasteiger partial charge >= 0.3 is 12.4 Å².